The maximum absolute atomic E-state index is 13.6. The average molecular weight is 650 g/mol. The molecule has 3 amide bonds. The Labute approximate surface area is 266 Å². The number of rotatable bonds is 21. The maximum atomic E-state index is 13.6. The summed E-state index contributed by atoms with van der Waals surface area (Å²) in [6.07, 6.45) is 1.12. The lowest BCUT2D eigenvalue weighted by Gasteiger charge is -2.25. The molecule has 0 radical (unpaired) electrons. The first-order valence-corrected chi connectivity index (χ1v) is 14.5. The second-order valence-corrected chi connectivity index (χ2v) is 10.3. The van der Waals surface area contributed by atoms with Crippen molar-refractivity contribution in [1.29, 1.82) is 0 Å². The molecule has 0 aliphatic heterocycles. The van der Waals surface area contributed by atoms with E-state index in [0.717, 1.165) is 0 Å². The van der Waals surface area contributed by atoms with Gasteiger partial charge in [0.2, 0.25) is 17.7 Å². The molecule has 1 aromatic carbocycles. The lowest BCUT2D eigenvalue weighted by atomic mass is 10.0. The molecule has 19 heteroatoms. The molecule has 19 N–H and O–H groups in total. The van der Waals surface area contributed by atoms with Crippen LogP contribution in [0, 0.1) is 0 Å². The van der Waals surface area contributed by atoms with Crippen LogP contribution in [0.2, 0.25) is 0 Å². The molecule has 0 unspecified atom stereocenters. The number of carboxylic acid groups (broad SMARTS) is 1. The number of hydrogen-bond acceptors (Lipinski definition) is 9. The van der Waals surface area contributed by atoms with E-state index >= 15 is 0 Å². The number of aliphatic carboxylic acids is 1. The number of aliphatic imine (C=N–C) groups is 3. The molecule has 0 heterocycles. The lowest BCUT2D eigenvalue weighted by Crippen LogP contribution is -2.57. The lowest BCUT2D eigenvalue weighted by molar-refractivity contribution is -0.142. The number of nitrogens with two attached hydrogens (primary N) is 7. The monoisotopic (exact) mass is 649 g/mol. The zero-order valence-corrected chi connectivity index (χ0v) is 25.6. The Morgan fingerprint density at radius 3 is 1.52 bits per heavy atom. The molecule has 0 aliphatic carbocycles. The Kier molecular flexibility index (Phi) is 17.3. The summed E-state index contributed by atoms with van der Waals surface area (Å²) in [4.78, 5) is 63.2. The Morgan fingerprint density at radius 1 is 0.630 bits per heavy atom. The highest BCUT2D eigenvalue weighted by molar-refractivity contribution is 5.94. The molecule has 0 aliphatic rings. The van der Waals surface area contributed by atoms with Gasteiger partial charge in [-0.3, -0.25) is 29.4 Å². The molecule has 46 heavy (non-hydrogen) atoms. The zero-order valence-electron chi connectivity index (χ0n) is 25.6. The summed E-state index contributed by atoms with van der Waals surface area (Å²) in [6, 6.07) is 1.23. The predicted molar refractivity (Wildman–Crippen MR) is 173 cm³/mol. The third-order valence-corrected chi connectivity index (χ3v) is 6.45. The van der Waals surface area contributed by atoms with Gasteiger partial charge >= 0.3 is 5.97 Å². The van der Waals surface area contributed by atoms with Crippen LogP contribution in [0.1, 0.15) is 44.1 Å². The molecule has 0 bridgehead atoms. The van der Waals surface area contributed by atoms with Gasteiger partial charge in [-0.1, -0.05) is 12.1 Å². The Morgan fingerprint density at radius 2 is 1.04 bits per heavy atom. The van der Waals surface area contributed by atoms with Crippen molar-refractivity contribution in [3.05, 3.63) is 29.8 Å². The minimum atomic E-state index is -1.30. The van der Waals surface area contributed by atoms with Crippen LogP contribution in [-0.2, 0) is 25.6 Å². The summed E-state index contributed by atoms with van der Waals surface area (Å²) < 4.78 is 0. The van der Waals surface area contributed by atoms with Crippen molar-refractivity contribution in [3.63, 3.8) is 0 Å². The van der Waals surface area contributed by atoms with Gasteiger partial charge in [-0.25, -0.2) is 4.79 Å². The van der Waals surface area contributed by atoms with Gasteiger partial charge < -0.3 is 66.3 Å². The fraction of sp³-hybridized carbons (Fsp3) is 0.519. The van der Waals surface area contributed by atoms with Gasteiger partial charge in [0.1, 0.15) is 23.9 Å². The quantitative estimate of drug-likeness (QED) is 0.0343. The molecular weight excluding hydrogens is 602 g/mol. The standard InChI is InChI=1S/C27H47N13O6/c28-17(4-1-11-35-25(29)30)21(42)40-20(14-15-7-9-16(41)10-8-15)23(44)38-18(5-2-12-36-26(31)32)22(43)39-19(24(45)46)6-3-13-37-27(33)34/h7-10,17-20,41H,1-6,11-14,28H2,(H,38,44)(H,39,43)(H,40,42)(H,45,46)(H4,29,30,35)(H4,31,32,36)(H4,33,34,37)/t17-,18-,19-,20-/m0/s1. The fourth-order valence-corrected chi connectivity index (χ4v) is 4.08. The number of aromatic hydroxyl groups is 1. The van der Waals surface area contributed by atoms with E-state index in [-0.39, 0.29) is 81.8 Å². The summed E-state index contributed by atoms with van der Waals surface area (Å²) in [5.74, 6) is -3.86. The van der Waals surface area contributed by atoms with Gasteiger partial charge in [0.05, 0.1) is 6.04 Å². The van der Waals surface area contributed by atoms with Crippen LogP contribution in [0.3, 0.4) is 0 Å². The van der Waals surface area contributed by atoms with E-state index in [2.05, 4.69) is 30.9 Å². The van der Waals surface area contributed by atoms with Crippen LogP contribution < -0.4 is 56.1 Å². The Balaban J connectivity index is 3.16. The van der Waals surface area contributed by atoms with Crippen molar-refractivity contribution >= 4 is 41.6 Å². The molecule has 1 aromatic rings. The van der Waals surface area contributed by atoms with E-state index in [0.29, 0.717) is 12.0 Å². The van der Waals surface area contributed by atoms with E-state index in [1.807, 2.05) is 0 Å². The van der Waals surface area contributed by atoms with Gasteiger partial charge in [-0.15, -0.1) is 0 Å². The number of carbonyl (C=O) groups excluding carboxylic acids is 3. The molecule has 0 saturated carbocycles. The van der Waals surface area contributed by atoms with Crippen molar-refractivity contribution in [2.45, 2.75) is 69.1 Å². The van der Waals surface area contributed by atoms with Crippen molar-refractivity contribution in [2.24, 2.45) is 55.1 Å². The van der Waals surface area contributed by atoms with Crippen LogP contribution in [-0.4, -0.2) is 95.6 Å². The SMILES string of the molecule is NC(N)=NCCC[C@H](NC(=O)[C@H](CCCN=C(N)N)NC(=O)[C@H](Cc1ccc(O)cc1)NC(=O)[C@@H](N)CCCN=C(N)N)C(=O)O. The van der Waals surface area contributed by atoms with Crippen molar-refractivity contribution < 1.29 is 29.4 Å². The van der Waals surface area contributed by atoms with Crippen molar-refractivity contribution in [1.82, 2.24) is 16.0 Å². The molecule has 19 nitrogen and oxygen atoms in total. The van der Waals surface area contributed by atoms with Crippen LogP contribution >= 0.6 is 0 Å². The zero-order chi connectivity index (χ0) is 34.6. The van der Waals surface area contributed by atoms with Crippen molar-refractivity contribution in [2.75, 3.05) is 19.6 Å². The summed E-state index contributed by atoms with van der Waals surface area (Å²) in [5.41, 5.74) is 38.6. The third-order valence-electron chi connectivity index (χ3n) is 6.45. The molecular formula is C27H47N13O6. The number of hydrogen-bond donors (Lipinski definition) is 12. The van der Waals surface area contributed by atoms with Gasteiger partial charge in [0, 0.05) is 26.1 Å². The fourth-order valence-electron chi connectivity index (χ4n) is 4.08. The van der Waals surface area contributed by atoms with Crippen molar-refractivity contribution in [3.8, 4) is 5.75 Å². The molecule has 1 rings (SSSR count). The summed E-state index contributed by atoms with van der Waals surface area (Å²) in [6.45, 7) is 0.532. The number of benzene rings is 1. The van der Waals surface area contributed by atoms with E-state index in [1.165, 1.54) is 12.1 Å². The first-order valence-electron chi connectivity index (χ1n) is 14.5. The van der Waals surface area contributed by atoms with E-state index in [4.69, 9.17) is 40.1 Å². The van der Waals surface area contributed by atoms with E-state index < -0.39 is 47.9 Å². The van der Waals surface area contributed by atoms with Gasteiger partial charge in [-0.05, 0) is 56.2 Å². The van der Waals surface area contributed by atoms with Crippen LogP contribution in [0.25, 0.3) is 0 Å². The van der Waals surface area contributed by atoms with Gasteiger partial charge in [0.25, 0.3) is 0 Å². The number of phenolic OH excluding ortho intramolecular Hbond substituents is 1. The highest BCUT2D eigenvalue weighted by Crippen LogP contribution is 2.12. The average Bonchev–Trinajstić information content (AvgIpc) is 2.98. The Bertz CT molecular complexity index is 1230. The summed E-state index contributed by atoms with van der Waals surface area (Å²) >= 11 is 0. The van der Waals surface area contributed by atoms with Crippen LogP contribution in [0.5, 0.6) is 5.75 Å². The molecule has 4 atom stereocenters. The molecule has 0 saturated heterocycles. The number of nitrogens with one attached hydrogen (secondary N) is 3. The molecule has 0 spiro atoms. The molecule has 0 aromatic heterocycles. The highest BCUT2D eigenvalue weighted by atomic mass is 16.4. The molecule has 0 fully saturated rings. The number of nitrogens with zero attached hydrogens (tertiary/aromatic N) is 3. The minimum Gasteiger partial charge on any atom is -0.508 e. The predicted octanol–water partition coefficient (Wildman–Crippen LogP) is -4.04. The van der Waals surface area contributed by atoms with E-state index in [1.54, 1.807) is 12.1 Å². The van der Waals surface area contributed by atoms with Gasteiger partial charge in [0.15, 0.2) is 17.9 Å². The van der Waals surface area contributed by atoms with E-state index in [9.17, 15) is 29.4 Å². The second kappa shape index (κ2) is 20.6. The Hall–Kier alpha value is -5.33. The number of phenols is 1. The van der Waals surface area contributed by atoms with Gasteiger partial charge in [-0.2, -0.15) is 0 Å². The first kappa shape index (κ1) is 38.7. The normalized spacial score (nSPS) is 13.2. The summed E-state index contributed by atoms with van der Waals surface area (Å²) in [7, 11) is 0. The van der Waals surface area contributed by atoms with Crippen LogP contribution in [0.15, 0.2) is 39.2 Å². The first-order chi connectivity index (χ1) is 21.7. The second-order valence-electron chi connectivity index (χ2n) is 10.3. The van der Waals surface area contributed by atoms with Crippen LogP contribution in [0.4, 0.5) is 0 Å². The minimum absolute atomic E-state index is 0.000350. The number of guanidine groups is 3. The largest absolute Gasteiger partial charge is 0.508 e. The topological polar surface area (TPSA) is 364 Å². The maximum Gasteiger partial charge on any atom is 0.326 e. The number of amides is 3. The number of carbonyl (C=O) groups is 4. The third kappa shape index (κ3) is 16.5. The highest BCUT2D eigenvalue weighted by Gasteiger charge is 2.30. The molecule has 256 valence electrons. The smallest absolute Gasteiger partial charge is 0.326 e. The summed E-state index contributed by atoms with van der Waals surface area (Å²) in [5, 5.41) is 27.0. The number of carboxylic acids is 1.